The Bertz CT molecular complexity index is 602. The van der Waals surface area contributed by atoms with E-state index in [1.165, 1.54) is 10.9 Å². The zero-order valence-electron chi connectivity index (χ0n) is 8.66. The molecule has 0 unspecified atom stereocenters. The largest absolute Gasteiger partial charge is 0.382 e. The molecule has 0 spiro atoms. The number of benzene rings is 1. The molecular formula is C10H11N3O2S. The van der Waals surface area contributed by atoms with Gasteiger partial charge < -0.3 is 5.73 Å². The maximum Gasteiger partial charge on any atom is 0.180 e. The number of nitrogens with zero attached hydrogens (tertiary/aromatic N) is 2. The molecule has 2 rings (SSSR count). The molecule has 0 atom stereocenters. The number of aromatic nitrogens is 2. The molecule has 0 saturated carbocycles. The fourth-order valence-electron chi connectivity index (χ4n) is 1.40. The van der Waals surface area contributed by atoms with Crippen LogP contribution in [-0.4, -0.2) is 24.5 Å². The van der Waals surface area contributed by atoms with E-state index in [1.807, 2.05) is 18.2 Å². The third kappa shape index (κ3) is 1.79. The maximum absolute atomic E-state index is 11.4. The highest BCUT2D eigenvalue weighted by Gasteiger charge is 2.17. The van der Waals surface area contributed by atoms with E-state index in [0.29, 0.717) is 0 Å². The van der Waals surface area contributed by atoms with Crippen LogP contribution < -0.4 is 5.73 Å². The van der Waals surface area contributed by atoms with E-state index >= 15 is 0 Å². The summed E-state index contributed by atoms with van der Waals surface area (Å²) in [6, 6.07) is 9.12. The van der Waals surface area contributed by atoms with E-state index in [4.69, 9.17) is 5.73 Å². The minimum Gasteiger partial charge on any atom is -0.382 e. The molecule has 1 heterocycles. The van der Waals surface area contributed by atoms with Crippen molar-refractivity contribution < 1.29 is 8.42 Å². The van der Waals surface area contributed by atoms with Gasteiger partial charge in [-0.25, -0.2) is 13.1 Å². The average molecular weight is 237 g/mol. The topological polar surface area (TPSA) is 78.0 Å². The van der Waals surface area contributed by atoms with Crippen molar-refractivity contribution in [2.75, 3.05) is 12.0 Å². The summed E-state index contributed by atoms with van der Waals surface area (Å²) in [5.41, 5.74) is 6.47. The van der Waals surface area contributed by atoms with Gasteiger partial charge in [-0.15, -0.1) is 0 Å². The fraction of sp³-hybridized carbons (Fsp3) is 0.100. The fourth-order valence-corrected chi connectivity index (χ4v) is 2.11. The normalized spacial score (nSPS) is 11.6. The molecular weight excluding hydrogens is 226 g/mol. The van der Waals surface area contributed by atoms with Crippen molar-refractivity contribution in [1.29, 1.82) is 0 Å². The van der Waals surface area contributed by atoms with Crippen molar-refractivity contribution in [2.45, 2.75) is 4.90 Å². The molecule has 5 nitrogen and oxygen atoms in total. The Balaban J connectivity index is 2.59. The molecule has 0 saturated heterocycles. The highest BCUT2D eigenvalue weighted by atomic mass is 32.2. The van der Waals surface area contributed by atoms with Crippen LogP contribution in [0.5, 0.6) is 0 Å². The highest BCUT2D eigenvalue weighted by molar-refractivity contribution is 7.90. The summed E-state index contributed by atoms with van der Waals surface area (Å²) in [4.78, 5) is 0.0522. The van der Waals surface area contributed by atoms with E-state index in [1.54, 1.807) is 12.1 Å². The minimum atomic E-state index is -3.33. The lowest BCUT2D eigenvalue weighted by atomic mass is 10.3. The molecule has 16 heavy (non-hydrogen) atoms. The minimum absolute atomic E-state index is 0.0522. The second-order valence-electron chi connectivity index (χ2n) is 3.41. The molecule has 0 fully saturated rings. The van der Waals surface area contributed by atoms with Crippen LogP contribution in [0.4, 0.5) is 5.82 Å². The summed E-state index contributed by atoms with van der Waals surface area (Å²) in [7, 11) is -3.33. The van der Waals surface area contributed by atoms with E-state index < -0.39 is 9.84 Å². The lowest BCUT2D eigenvalue weighted by molar-refractivity contribution is 0.602. The Morgan fingerprint density at radius 3 is 2.38 bits per heavy atom. The summed E-state index contributed by atoms with van der Waals surface area (Å²) in [6.45, 7) is 0. The van der Waals surface area contributed by atoms with Crippen molar-refractivity contribution >= 4 is 15.7 Å². The molecule has 2 aromatic rings. The predicted molar refractivity (Wildman–Crippen MR) is 61.1 cm³/mol. The second-order valence-corrected chi connectivity index (χ2v) is 5.40. The standard InChI is InChI=1S/C10H11N3O2S/c1-16(14,15)9-7-12-13(10(9)11)8-5-3-2-4-6-8/h2-7H,11H2,1H3. The summed E-state index contributed by atoms with van der Waals surface area (Å²) in [6.07, 6.45) is 2.37. The quantitative estimate of drug-likeness (QED) is 0.840. The predicted octanol–water partition coefficient (Wildman–Crippen LogP) is 0.858. The molecule has 0 bridgehead atoms. The highest BCUT2D eigenvalue weighted by Crippen LogP contribution is 2.20. The number of anilines is 1. The van der Waals surface area contributed by atoms with Gasteiger partial charge in [-0.05, 0) is 12.1 Å². The van der Waals surface area contributed by atoms with Crippen LogP contribution in [0, 0.1) is 0 Å². The molecule has 0 aliphatic carbocycles. The number of nitrogen functional groups attached to an aromatic ring is 1. The van der Waals surface area contributed by atoms with Gasteiger partial charge in [0.05, 0.1) is 11.9 Å². The van der Waals surface area contributed by atoms with Crippen molar-refractivity contribution in [3.8, 4) is 5.69 Å². The summed E-state index contributed by atoms with van der Waals surface area (Å²) in [5.74, 6) is 0.133. The lowest BCUT2D eigenvalue weighted by Gasteiger charge is -2.03. The van der Waals surface area contributed by atoms with Gasteiger partial charge in [0.2, 0.25) is 0 Å². The third-order valence-corrected chi connectivity index (χ3v) is 3.28. The monoisotopic (exact) mass is 237 g/mol. The molecule has 1 aromatic carbocycles. The molecule has 1 aromatic heterocycles. The Hall–Kier alpha value is -1.82. The summed E-state index contributed by atoms with van der Waals surface area (Å²) >= 11 is 0. The van der Waals surface area contributed by atoms with E-state index in [0.717, 1.165) is 11.9 Å². The van der Waals surface area contributed by atoms with Gasteiger partial charge in [0.15, 0.2) is 9.84 Å². The van der Waals surface area contributed by atoms with Crippen molar-refractivity contribution in [3.05, 3.63) is 36.5 Å². The Kier molecular flexibility index (Phi) is 2.43. The molecule has 0 amide bonds. The van der Waals surface area contributed by atoms with Gasteiger partial charge in [-0.2, -0.15) is 5.10 Å². The number of para-hydroxylation sites is 1. The Labute approximate surface area is 93.4 Å². The van der Waals surface area contributed by atoms with Crippen molar-refractivity contribution in [3.63, 3.8) is 0 Å². The second kappa shape index (κ2) is 3.64. The zero-order valence-corrected chi connectivity index (χ0v) is 9.48. The van der Waals surface area contributed by atoms with Gasteiger partial charge >= 0.3 is 0 Å². The number of nitrogens with two attached hydrogens (primary N) is 1. The van der Waals surface area contributed by atoms with Gasteiger partial charge in [0, 0.05) is 6.26 Å². The van der Waals surface area contributed by atoms with E-state index in [2.05, 4.69) is 5.10 Å². The summed E-state index contributed by atoms with van der Waals surface area (Å²) in [5, 5.41) is 3.96. The third-order valence-electron chi connectivity index (χ3n) is 2.17. The van der Waals surface area contributed by atoms with Gasteiger partial charge in [-0.3, -0.25) is 0 Å². The first-order chi connectivity index (χ1) is 7.50. The smallest absolute Gasteiger partial charge is 0.180 e. The van der Waals surface area contributed by atoms with E-state index in [-0.39, 0.29) is 10.7 Å². The van der Waals surface area contributed by atoms with Crippen LogP contribution >= 0.6 is 0 Å². The number of hydrogen-bond acceptors (Lipinski definition) is 4. The van der Waals surface area contributed by atoms with Crippen molar-refractivity contribution in [2.24, 2.45) is 0 Å². The first kappa shape index (κ1) is 10.7. The van der Waals surface area contributed by atoms with Crippen LogP contribution in [0.2, 0.25) is 0 Å². The molecule has 6 heteroatoms. The average Bonchev–Trinajstić information content (AvgIpc) is 2.61. The number of sulfone groups is 1. The van der Waals surface area contributed by atoms with Crippen LogP contribution in [0.25, 0.3) is 5.69 Å². The van der Waals surface area contributed by atoms with Crippen LogP contribution in [-0.2, 0) is 9.84 Å². The molecule has 84 valence electrons. The van der Waals surface area contributed by atoms with Crippen molar-refractivity contribution in [1.82, 2.24) is 9.78 Å². The van der Waals surface area contributed by atoms with Gasteiger partial charge in [0.25, 0.3) is 0 Å². The molecule has 0 aliphatic heterocycles. The van der Waals surface area contributed by atoms with Gasteiger partial charge in [0.1, 0.15) is 10.7 Å². The van der Waals surface area contributed by atoms with Crippen LogP contribution in [0.1, 0.15) is 0 Å². The molecule has 0 radical (unpaired) electrons. The molecule has 2 N–H and O–H groups in total. The first-order valence-electron chi connectivity index (χ1n) is 4.59. The van der Waals surface area contributed by atoms with Crippen LogP contribution in [0.15, 0.2) is 41.4 Å². The Morgan fingerprint density at radius 2 is 1.88 bits per heavy atom. The van der Waals surface area contributed by atoms with Gasteiger partial charge in [-0.1, -0.05) is 18.2 Å². The molecule has 0 aliphatic rings. The summed E-state index contributed by atoms with van der Waals surface area (Å²) < 4.78 is 24.1. The lowest BCUT2D eigenvalue weighted by Crippen LogP contribution is -2.05. The maximum atomic E-state index is 11.4. The number of rotatable bonds is 2. The number of hydrogen-bond donors (Lipinski definition) is 1. The zero-order chi connectivity index (χ0) is 11.8. The van der Waals surface area contributed by atoms with E-state index in [9.17, 15) is 8.42 Å². The first-order valence-corrected chi connectivity index (χ1v) is 6.48. The SMILES string of the molecule is CS(=O)(=O)c1cnn(-c2ccccc2)c1N. The van der Waals surface area contributed by atoms with Crippen LogP contribution in [0.3, 0.4) is 0 Å². The Morgan fingerprint density at radius 1 is 1.25 bits per heavy atom.